The molecule has 0 fully saturated rings. The number of sulfonamides is 1. The van der Waals surface area contributed by atoms with Gasteiger partial charge in [-0.1, -0.05) is 0 Å². The third kappa shape index (κ3) is 3.84. The van der Waals surface area contributed by atoms with Crippen molar-refractivity contribution >= 4 is 10.0 Å². The molecular weight excluding hydrogens is 282 g/mol. The Balaban J connectivity index is 3.12. The molecule has 1 rings (SSSR count). The summed E-state index contributed by atoms with van der Waals surface area (Å²) in [5.41, 5.74) is 0.584. The maximum absolute atomic E-state index is 12.3. The van der Waals surface area contributed by atoms with Crippen LogP contribution in [-0.2, 0) is 14.8 Å². The van der Waals surface area contributed by atoms with Gasteiger partial charge in [0.15, 0.2) is 11.5 Å². The Morgan fingerprint density at radius 2 is 1.70 bits per heavy atom. The number of aryl methyl sites for hydroxylation is 1. The van der Waals surface area contributed by atoms with Crippen molar-refractivity contribution in [2.45, 2.75) is 24.8 Å². The van der Waals surface area contributed by atoms with E-state index in [1.165, 1.54) is 27.4 Å². The Bertz CT molecular complexity index is 556. The molecule has 0 saturated heterocycles. The molecule has 20 heavy (non-hydrogen) atoms. The van der Waals surface area contributed by atoms with E-state index in [1.807, 2.05) is 0 Å². The number of hydrogen-bond donors (Lipinski definition) is 1. The third-order valence-corrected chi connectivity index (χ3v) is 4.50. The SMILES string of the molecule is COc1cc(C)c(S(=O)(=O)NCC(C)OC)cc1OC. The molecule has 0 bridgehead atoms. The van der Waals surface area contributed by atoms with Crippen molar-refractivity contribution in [2.75, 3.05) is 27.9 Å². The Labute approximate surface area is 120 Å². The predicted octanol–water partition coefficient (Wildman–Crippen LogP) is 1.33. The summed E-state index contributed by atoms with van der Waals surface area (Å²) >= 11 is 0. The predicted molar refractivity (Wildman–Crippen MR) is 75.9 cm³/mol. The standard InChI is InChI=1S/C13H21NO5S/c1-9-6-11(18-4)12(19-5)7-13(9)20(15,16)14-8-10(2)17-3/h6-7,10,14H,8H2,1-5H3. The van der Waals surface area contributed by atoms with Crippen molar-refractivity contribution in [3.05, 3.63) is 17.7 Å². The molecule has 1 N–H and O–H groups in total. The molecule has 114 valence electrons. The molecule has 0 saturated carbocycles. The molecule has 0 heterocycles. The summed E-state index contributed by atoms with van der Waals surface area (Å²) in [5.74, 6) is 0.868. The highest BCUT2D eigenvalue weighted by Crippen LogP contribution is 2.32. The first-order chi connectivity index (χ1) is 9.35. The summed E-state index contributed by atoms with van der Waals surface area (Å²) in [7, 11) is 0.875. The molecule has 0 radical (unpaired) electrons. The molecule has 1 aromatic rings. The van der Waals surface area contributed by atoms with Gasteiger partial charge in [-0.2, -0.15) is 0 Å². The van der Waals surface area contributed by atoms with E-state index in [0.717, 1.165) is 0 Å². The molecule has 0 aliphatic rings. The Morgan fingerprint density at radius 1 is 1.15 bits per heavy atom. The van der Waals surface area contributed by atoms with Crippen molar-refractivity contribution in [2.24, 2.45) is 0 Å². The summed E-state index contributed by atoms with van der Waals surface area (Å²) in [5, 5.41) is 0. The molecule has 0 aliphatic carbocycles. The average Bonchev–Trinajstić information content (AvgIpc) is 2.44. The number of benzene rings is 1. The van der Waals surface area contributed by atoms with Crippen LogP contribution in [0, 0.1) is 6.92 Å². The van der Waals surface area contributed by atoms with Gasteiger partial charge in [-0.25, -0.2) is 13.1 Å². The first-order valence-electron chi connectivity index (χ1n) is 6.10. The lowest BCUT2D eigenvalue weighted by Crippen LogP contribution is -2.32. The number of methoxy groups -OCH3 is 3. The lowest BCUT2D eigenvalue weighted by Gasteiger charge is -2.15. The van der Waals surface area contributed by atoms with Gasteiger partial charge < -0.3 is 14.2 Å². The van der Waals surface area contributed by atoms with Crippen LogP contribution in [0.3, 0.4) is 0 Å². The lowest BCUT2D eigenvalue weighted by molar-refractivity contribution is 0.122. The highest BCUT2D eigenvalue weighted by Gasteiger charge is 2.20. The monoisotopic (exact) mass is 303 g/mol. The van der Waals surface area contributed by atoms with Crippen LogP contribution in [0.15, 0.2) is 17.0 Å². The Hall–Kier alpha value is -1.31. The van der Waals surface area contributed by atoms with E-state index in [4.69, 9.17) is 14.2 Å². The van der Waals surface area contributed by atoms with Crippen molar-refractivity contribution in [1.82, 2.24) is 4.72 Å². The van der Waals surface area contributed by atoms with Crippen LogP contribution in [0.25, 0.3) is 0 Å². The van der Waals surface area contributed by atoms with Crippen LogP contribution >= 0.6 is 0 Å². The number of ether oxygens (including phenoxy) is 3. The molecule has 0 aliphatic heterocycles. The molecule has 7 heteroatoms. The molecule has 6 nitrogen and oxygen atoms in total. The summed E-state index contributed by atoms with van der Waals surface area (Å²) in [6, 6.07) is 3.08. The van der Waals surface area contributed by atoms with Gasteiger partial charge in [0.2, 0.25) is 10.0 Å². The summed E-state index contributed by atoms with van der Waals surface area (Å²) in [6.07, 6.45) is -0.203. The normalized spacial score (nSPS) is 13.1. The van der Waals surface area contributed by atoms with Crippen LogP contribution in [0.2, 0.25) is 0 Å². The van der Waals surface area contributed by atoms with E-state index in [2.05, 4.69) is 4.72 Å². The summed E-state index contributed by atoms with van der Waals surface area (Å²) in [6.45, 7) is 3.69. The van der Waals surface area contributed by atoms with Crippen LogP contribution in [0.5, 0.6) is 11.5 Å². The van der Waals surface area contributed by atoms with Crippen LogP contribution in [0.1, 0.15) is 12.5 Å². The van der Waals surface area contributed by atoms with Crippen LogP contribution in [-0.4, -0.2) is 42.4 Å². The topological polar surface area (TPSA) is 73.9 Å². The minimum atomic E-state index is -3.62. The zero-order chi connectivity index (χ0) is 15.3. The van der Waals surface area contributed by atoms with Gasteiger partial charge in [-0.15, -0.1) is 0 Å². The van der Waals surface area contributed by atoms with Gasteiger partial charge in [0.05, 0.1) is 25.2 Å². The molecular formula is C13H21NO5S. The molecule has 1 aromatic carbocycles. The highest BCUT2D eigenvalue weighted by molar-refractivity contribution is 7.89. The van der Waals surface area contributed by atoms with Gasteiger partial charge in [-0.3, -0.25) is 0 Å². The molecule has 0 aromatic heterocycles. The molecule has 1 unspecified atom stereocenters. The fourth-order valence-electron chi connectivity index (χ4n) is 1.64. The van der Waals surface area contributed by atoms with E-state index in [-0.39, 0.29) is 17.5 Å². The van der Waals surface area contributed by atoms with E-state index < -0.39 is 10.0 Å². The molecule has 1 atom stereocenters. The fraction of sp³-hybridized carbons (Fsp3) is 0.538. The maximum Gasteiger partial charge on any atom is 0.241 e. The van der Waals surface area contributed by atoms with Gasteiger partial charge >= 0.3 is 0 Å². The van der Waals surface area contributed by atoms with E-state index >= 15 is 0 Å². The van der Waals surface area contributed by atoms with Crippen molar-refractivity contribution in [1.29, 1.82) is 0 Å². The summed E-state index contributed by atoms with van der Waals surface area (Å²) < 4.78 is 42.4. The zero-order valence-corrected chi connectivity index (χ0v) is 13.2. The van der Waals surface area contributed by atoms with Crippen molar-refractivity contribution in [3.8, 4) is 11.5 Å². The second-order valence-electron chi connectivity index (χ2n) is 4.37. The largest absolute Gasteiger partial charge is 0.493 e. The number of rotatable bonds is 7. The van der Waals surface area contributed by atoms with Gasteiger partial charge in [0.1, 0.15) is 0 Å². The van der Waals surface area contributed by atoms with Gasteiger partial charge in [0, 0.05) is 19.7 Å². The van der Waals surface area contributed by atoms with E-state index in [9.17, 15) is 8.42 Å². The highest BCUT2D eigenvalue weighted by atomic mass is 32.2. The average molecular weight is 303 g/mol. The molecule has 0 amide bonds. The van der Waals surface area contributed by atoms with Crippen LogP contribution in [0.4, 0.5) is 0 Å². The number of nitrogens with one attached hydrogen (secondary N) is 1. The minimum absolute atomic E-state index is 0.165. The van der Waals surface area contributed by atoms with Gasteiger partial charge in [0.25, 0.3) is 0 Å². The first-order valence-corrected chi connectivity index (χ1v) is 7.59. The van der Waals surface area contributed by atoms with Crippen molar-refractivity contribution < 1.29 is 22.6 Å². The Morgan fingerprint density at radius 3 is 2.20 bits per heavy atom. The van der Waals surface area contributed by atoms with Gasteiger partial charge in [-0.05, 0) is 25.5 Å². The second kappa shape index (κ2) is 6.92. The molecule has 0 spiro atoms. The third-order valence-electron chi connectivity index (χ3n) is 2.93. The van der Waals surface area contributed by atoms with Crippen molar-refractivity contribution in [3.63, 3.8) is 0 Å². The first kappa shape index (κ1) is 16.7. The van der Waals surface area contributed by atoms with Crippen LogP contribution < -0.4 is 14.2 Å². The lowest BCUT2D eigenvalue weighted by atomic mass is 10.2. The quantitative estimate of drug-likeness (QED) is 0.822. The zero-order valence-electron chi connectivity index (χ0n) is 12.4. The second-order valence-corrected chi connectivity index (χ2v) is 6.11. The minimum Gasteiger partial charge on any atom is -0.493 e. The number of hydrogen-bond acceptors (Lipinski definition) is 5. The fourth-order valence-corrected chi connectivity index (χ4v) is 2.99. The van der Waals surface area contributed by atoms with E-state index in [1.54, 1.807) is 19.9 Å². The Kier molecular flexibility index (Phi) is 5.79. The van der Waals surface area contributed by atoms with E-state index in [0.29, 0.717) is 17.1 Å². The summed E-state index contributed by atoms with van der Waals surface area (Å²) in [4.78, 5) is 0.165. The maximum atomic E-state index is 12.3. The smallest absolute Gasteiger partial charge is 0.241 e.